The number of nitrogens with two attached hydrogens (primary N) is 1. The van der Waals surface area contributed by atoms with E-state index in [2.05, 4.69) is 26.0 Å². The molecule has 0 aromatic rings. The Balaban J connectivity index is 3.79. The SMILES string of the molecule is CCCCCCCCCC/C=C\CCCCCCCCCCCCCCCC(=O)OC(COCCCCCCCCC)COP(=O)(O)OCCN. The van der Waals surface area contributed by atoms with Crippen LogP contribution in [0.2, 0.25) is 0 Å². The van der Waals surface area contributed by atoms with E-state index in [1.807, 2.05) is 0 Å². The van der Waals surface area contributed by atoms with Crippen LogP contribution in [0, 0.1) is 0 Å². The molecule has 0 aromatic heterocycles. The van der Waals surface area contributed by atoms with Gasteiger partial charge in [0.25, 0.3) is 0 Å². The highest BCUT2D eigenvalue weighted by Crippen LogP contribution is 2.43. The van der Waals surface area contributed by atoms with E-state index in [1.54, 1.807) is 0 Å². The average Bonchev–Trinajstić information content (AvgIpc) is 3.12. The van der Waals surface area contributed by atoms with Gasteiger partial charge in [-0.3, -0.25) is 13.8 Å². The third kappa shape index (κ3) is 40.3. The van der Waals surface area contributed by atoms with E-state index < -0.39 is 13.9 Å². The van der Waals surface area contributed by atoms with Gasteiger partial charge in [-0.25, -0.2) is 4.57 Å². The highest BCUT2D eigenvalue weighted by atomic mass is 31.2. The lowest BCUT2D eigenvalue weighted by Gasteiger charge is -2.20. The molecule has 0 amide bonds. The zero-order valence-electron chi connectivity index (χ0n) is 33.6. The van der Waals surface area contributed by atoms with Gasteiger partial charge in [-0.2, -0.15) is 0 Å². The smallest absolute Gasteiger partial charge is 0.457 e. The van der Waals surface area contributed by atoms with E-state index in [0.29, 0.717) is 13.0 Å². The fraction of sp³-hybridized carbons (Fsp3) is 0.929. The summed E-state index contributed by atoms with van der Waals surface area (Å²) in [5, 5.41) is 0. The summed E-state index contributed by atoms with van der Waals surface area (Å²) in [5.74, 6) is -0.329. The van der Waals surface area contributed by atoms with Crippen molar-refractivity contribution in [2.45, 2.75) is 219 Å². The minimum atomic E-state index is -4.26. The summed E-state index contributed by atoms with van der Waals surface area (Å²) < 4.78 is 33.2. The largest absolute Gasteiger partial charge is 0.472 e. The maximum Gasteiger partial charge on any atom is 0.472 e. The number of allylic oxidation sites excluding steroid dienone is 2. The Morgan fingerprint density at radius 2 is 0.980 bits per heavy atom. The molecule has 0 aromatic carbocycles. The molecular weight excluding hydrogens is 661 g/mol. The van der Waals surface area contributed by atoms with Crippen molar-refractivity contribution in [3.05, 3.63) is 12.2 Å². The molecule has 0 rings (SSSR count). The van der Waals surface area contributed by atoms with Crippen LogP contribution in [0.25, 0.3) is 0 Å². The van der Waals surface area contributed by atoms with Gasteiger partial charge >= 0.3 is 13.8 Å². The number of phosphoric ester groups is 1. The topological polar surface area (TPSA) is 117 Å². The van der Waals surface area contributed by atoms with Crippen LogP contribution < -0.4 is 5.73 Å². The maximum atomic E-state index is 12.5. The number of hydrogen-bond acceptors (Lipinski definition) is 7. The van der Waals surface area contributed by atoms with Crippen LogP contribution in [-0.4, -0.2) is 49.9 Å². The minimum absolute atomic E-state index is 0.0924. The Bertz CT molecular complexity index is 797. The second-order valence-corrected chi connectivity index (χ2v) is 16.0. The Hall–Kier alpha value is -0.760. The van der Waals surface area contributed by atoms with E-state index in [4.69, 9.17) is 24.3 Å². The first-order valence-electron chi connectivity index (χ1n) is 21.7. The number of esters is 1. The maximum absolute atomic E-state index is 12.5. The van der Waals surface area contributed by atoms with E-state index in [-0.39, 0.29) is 32.3 Å². The molecule has 304 valence electrons. The van der Waals surface area contributed by atoms with Crippen LogP contribution in [-0.2, 0) is 27.9 Å². The fourth-order valence-corrected chi connectivity index (χ4v) is 6.99. The van der Waals surface area contributed by atoms with Gasteiger partial charge in [-0.15, -0.1) is 0 Å². The number of ether oxygens (including phenoxy) is 2. The van der Waals surface area contributed by atoms with Crippen molar-refractivity contribution >= 4 is 13.8 Å². The molecule has 2 atom stereocenters. The molecule has 0 heterocycles. The number of carbonyl (C=O) groups is 1. The van der Waals surface area contributed by atoms with Gasteiger partial charge in [0.15, 0.2) is 0 Å². The molecule has 0 spiro atoms. The second-order valence-electron chi connectivity index (χ2n) is 14.6. The Labute approximate surface area is 315 Å². The lowest BCUT2D eigenvalue weighted by molar-refractivity contribution is -0.154. The molecule has 0 aliphatic heterocycles. The summed E-state index contributed by atoms with van der Waals surface area (Å²) >= 11 is 0. The van der Waals surface area contributed by atoms with Crippen LogP contribution in [0.1, 0.15) is 213 Å². The van der Waals surface area contributed by atoms with Gasteiger partial charge in [0.1, 0.15) is 6.10 Å². The minimum Gasteiger partial charge on any atom is -0.457 e. The molecule has 0 fully saturated rings. The van der Waals surface area contributed by atoms with Gasteiger partial charge in [0.05, 0.1) is 19.8 Å². The van der Waals surface area contributed by atoms with Crippen molar-refractivity contribution in [3.63, 3.8) is 0 Å². The summed E-state index contributed by atoms with van der Waals surface area (Å²) in [4.78, 5) is 22.4. The van der Waals surface area contributed by atoms with E-state index in [0.717, 1.165) is 32.1 Å². The molecular formula is C42H84NO7P. The molecule has 2 unspecified atom stereocenters. The number of unbranched alkanes of at least 4 members (excludes halogenated alkanes) is 27. The van der Waals surface area contributed by atoms with Crippen LogP contribution in [0.5, 0.6) is 0 Å². The number of hydrogen-bond donors (Lipinski definition) is 2. The predicted octanol–water partition coefficient (Wildman–Crippen LogP) is 12.7. The van der Waals surface area contributed by atoms with Crippen molar-refractivity contribution in [1.29, 1.82) is 0 Å². The van der Waals surface area contributed by atoms with Crippen molar-refractivity contribution in [3.8, 4) is 0 Å². The van der Waals surface area contributed by atoms with Crippen molar-refractivity contribution < 1.29 is 32.8 Å². The van der Waals surface area contributed by atoms with Crippen LogP contribution in [0.3, 0.4) is 0 Å². The first kappa shape index (κ1) is 50.2. The standard InChI is InChI=1S/C42H84NO7P/c1-3-5-7-9-11-12-13-14-15-16-17-18-19-20-21-22-23-24-25-26-27-28-29-31-33-35-42(44)50-41(40-49-51(45,46)48-38-36-43)39-47-37-34-32-30-10-8-6-4-2/h16-17,41H,3-15,18-40,43H2,1-2H3,(H,45,46)/b17-16-. The first-order chi connectivity index (χ1) is 24.9. The second kappa shape index (κ2) is 40.4. The summed E-state index contributed by atoms with van der Waals surface area (Å²) in [5.41, 5.74) is 5.35. The third-order valence-corrected chi connectivity index (χ3v) is 10.4. The van der Waals surface area contributed by atoms with Gasteiger partial charge < -0.3 is 20.1 Å². The molecule has 0 bridgehead atoms. The molecule has 3 N–H and O–H groups in total. The number of rotatable bonds is 42. The predicted molar refractivity (Wildman–Crippen MR) is 215 cm³/mol. The summed E-state index contributed by atoms with van der Waals surface area (Å²) in [6.07, 6.45) is 42.5. The lowest BCUT2D eigenvalue weighted by Crippen LogP contribution is -2.28. The third-order valence-electron chi connectivity index (χ3n) is 9.43. The average molecular weight is 746 g/mol. The van der Waals surface area contributed by atoms with Crippen LogP contribution in [0.4, 0.5) is 0 Å². The highest BCUT2D eigenvalue weighted by molar-refractivity contribution is 7.47. The Morgan fingerprint density at radius 1 is 0.569 bits per heavy atom. The zero-order chi connectivity index (χ0) is 37.4. The summed E-state index contributed by atoms with van der Waals surface area (Å²) in [6.45, 7) is 4.92. The van der Waals surface area contributed by atoms with Crippen molar-refractivity contribution in [2.24, 2.45) is 5.73 Å². The van der Waals surface area contributed by atoms with Crippen molar-refractivity contribution in [2.75, 3.05) is 33.0 Å². The lowest BCUT2D eigenvalue weighted by atomic mass is 10.0. The molecule has 0 saturated carbocycles. The first-order valence-corrected chi connectivity index (χ1v) is 23.2. The number of carbonyl (C=O) groups excluding carboxylic acids is 1. The van der Waals surface area contributed by atoms with Gasteiger partial charge in [-0.1, -0.05) is 180 Å². The highest BCUT2D eigenvalue weighted by Gasteiger charge is 2.25. The molecule has 9 heteroatoms. The molecule has 0 aliphatic carbocycles. The molecule has 0 saturated heterocycles. The number of phosphoric acid groups is 1. The Kier molecular flexibility index (Phi) is 39.8. The van der Waals surface area contributed by atoms with Crippen LogP contribution >= 0.6 is 7.82 Å². The zero-order valence-corrected chi connectivity index (χ0v) is 34.5. The molecule has 0 radical (unpaired) electrons. The van der Waals surface area contributed by atoms with E-state index >= 15 is 0 Å². The van der Waals surface area contributed by atoms with Gasteiger partial charge in [-0.05, 0) is 38.5 Å². The Morgan fingerprint density at radius 3 is 1.43 bits per heavy atom. The van der Waals surface area contributed by atoms with Gasteiger partial charge in [0, 0.05) is 19.6 Å². The van der Waals surface area contributed by atoms with E-state index in [9.17, 15) is 14.3 Å². The summed E-state index contributed by atoms with van der Waals surface area (Å²) in [7, 11) is -4.26. The molecule has 51 heavy (non-hydrogen) atoms. The molecule has 8 nitrogen and oxygen atoms in total. The molecule has 0 aliphatic rings. The van der Waals surface area contributed by atoms with Crippen LogP contribution in [0.15, 0.2) is 12.2 Å². The van der Waals surface area contributed by atoms with Gasteiger partial charge in [0.2, 0.25) is 0 Å². The monoisotopic (exact) mass is 746 g/mol. The summed E-state index contributed by atoms with van der Waals surface area (Å²) in [6, 6.07) is 0. The van der Waals surface area contributed by atoms with Crippen molar-refractivity contribution in [1.82, 2.24) is 0 Å². The van der Waals surface area contributed by atoms with E-state index in [1.165, 1.54) is 161 Å². The fourth-order valence-electron chi connectivity index (χ4n) is 6.23. The normalized spacial score (nSPS) is 13.6. The quantitative estimate of drug-likeness (QED) is 0.0274.